The number of amides is 1. The van der Waals surface area contributed by atoms with Crippen LogP contribution in [0.3, 0.4) is 0 Å². The van der Waals surface area contributed by atoms with Crippen LogP contribution in [-0.2, 0) is 11.3 Å². The maximum atomic E-state index is 13.4. The highest BCUT2D eigenvalue weighted by atomic mass is 32.1. The quantitative estimate of drug-likeness (QED) is 0.474. The topological polar surface area (TPSA) is 132 Å². The molecule has 1 aliphatic rings. The van der Waals surface area contributed by atoms with Crippen LogP contribution in [0.15, 0.2) is 34.9 Å². The molecule has 174 valence electrons. The molecule has 1 fully saturated rings. The molecule has 2 unspecified atom stereocenters. The Kier molecular flexibility index (Phi) is 6.38. The number of primary amides is 1. The lowest BCUT2D eigenvalue weighted by Gasteiger charge is -2.26. The van der Waals surface area contributed by atoms with Gasteiger partial charge in [0, 0.05) is 31.4 Å². The molecular weight excluding hydrogens is 454 g/mol. The number of thiazole rings is 1. The molecule has 0 bridgehead atoms. The Balaban J connectivity index is 1.59. The van der Waals surface area contributed by atoms with Crippen molar-refractivity contribution in [3.8, 4) is 0 Å². The Morgan fingerprint density at radius 1 is 1.36 bits per heavy atom. The number of benzene rings is 1. The number of nitrogen functional groups attached to an aromatic ring is 1. The van der Waals surface area contributed by atoms with Gasteiger partial charge in [-0.15, -0.1) is 0 Å². The summed E-state index contributed by atoms with van der Waals surface area (Å²) in [6.07, 6.45) is -0.391. The summed E-state index contributed by atoms with van der Waals surface area (Å²) < 4.78 is 32.0. The predicted molar refractivity (Wildman–Crippen MR) is 118 cm³/mol. The second-order valence-corrected chi connectivity index (χ2v) is 8.75. The zero-order valence-corrected chi connectivity index (χ0v) is 18.5. The van der Waals surface area contributed by atoms with Crippen molar-refractivity contribution in [3.63, 3.8) is 0 Å². The number of aromatic nitrogens is 2. The van der Waals surface area contributed by atoms with Gasteiger partial charge in [-0.1, -0.05) is 16.5 Å². The van der Waals surface area contributed by atoms with Crippen LogP contribution in [0.2, 0.25) is 0 Å². The molecule has 0 saturated carbocycles. The molecule has 2 atom stereocenters. The number of rotatable bonds is 8. The van der Waals surface area contributed by atoms with Gasteiger partial charge in [-0.05, 0) is 37.6 Å². The first kappa shape index (κ1) is 22.8. The minimum atomic E-state index is -0.861. The normalized spacial score (nSPS) is 17.2. The molecule has 33 heavy (non-hydrogen) atoms. The largest absolute Gasteiger partial charge is 0.382 e. The third-order valence-electron chi connectivity index (χ3n) is 5.34. The van der Waals surface area contributed by atoms with E-state index in [1.165, 1.54) is 35.2 Å². The lowest BCUT2D eigenvalue weighted by molar-refractivity contribution is -0.118. The number of halogens is 2. The number of hydrogen-bond donors (Lipinski definition) is 2. The molecule has 1 aromatic carbocycles. The minimum Gasteiger partial charge on any atom is -0.382 e. The minimum absolute atomic E-state index is 0.0285. The summed E-state index contributed by atoms with van der Waals surface area (Å²) in [4.78, 5) is 32.6. The zero-order valence-electron chi connectivity index (χ0n) is 17.7. The first-order chi connectivity index (χ1) is 15.7. The standard InChI is InChI=1S/C21H22F2N6O3S/c1-11(20(25)31)29(15-4-2-12(22)3-5-15)21-26-19(24)18(33-21)17(30)16-8-14(27-32-16)10-28-7-6-13(23)9-28/h2-5,8,11,13H,6-7,9-10,24H2,1H3,(H2,25,31). The molecule has 2 aromatic heterocycles. The van der Waals surface area contributed by atoms with Gasteiger partial charge in [0.25, 0.3) is 0 Å². The molecule has 0 spiro atoms. The van der Waals surface area contributed by atoms with Gasteiger partial charge in [-0.3, -0.25) is 14.5 Å². The van der Waals surface area contributed by atoms with Crippen LogP contribution in [0.1, 0.15) is 34.5 Å². The number of likely N-dealkylation sites (tertiary alicyclic amines) is 1. The zero-order chi connectivity index (χ0) is 23.7. The fraction of sp³-hybridized carbons (Fsp3) is 0.333. The number of anilines is 3. The van der Waals surface area contributed by atoms with E-state index in [1.807, 2.05) is 4.90 Å². The monoisotopic (exact) mass is 476 g/mol. The van der Waals surface area contributed by atoms with Crippen LogP contribution in [0.5, 0.6) is 0 Å². The molecule has 1 aliphatic heterocycles. The van der Waals surface area contributed by atoms with E-state index in [1.54, 1.807) is 6.92 Å². The van der Waals surface area contributed by atoms with Gasteiger partial charge in [-0.2, -0.15) is 0 Å². The fourth-order valence-corrected chi connectivity index (χ4v) is 4.61. The highest BCUT2D eigenvalue weighted by Gasteiger charge is 2.29. The number of alkyl halides is 1. The van der Waals surface area contributed by atoms with Crippen LogP contribution in [0.25, 0.3) is 0 Å². The summed E-state index contributed by atoms with van der Waals surface area (Å²) in [5, 5.41) is 4.14. The molecule has 1 saturated heterocycles. The van der Waals surface area contributed by atoms with Crippen molar-refractivity contribution in [1.29, 1.82) is 0 Å². The third kappa shape index (κ3) is 4.86. The highest BCUT2D eigenvalue weighted by Crippen LogP contribution is 2.36. The molecule has 4 N–H and O–H groups in total. The van der Waals surface area contributed by atoms with Crippen molar-refractivity contribution in [2.45, 2.75) is 32.1 Å². The molecule has 0 radical (unpaired) electrons. The van der Waals surface area contributed by atoms with Crippen molar-refractivity contribution in [1.82, 2.24) is 15.0 Å². The Hall–Kier alpha value is -3.38. The summed E-state index contributed by atoms with van der Waals surface area (Å²) in [5.41, 5.74) is 12.5. The number of ketones is 1. The second-order valence-electron chi connectivity index (χ2n) is 7.77. The van der Waals surface area contributed by atoms with E-state index in [0.717, 1.165) is 11.3 Å². The smallest absolute Gasteiger partial charge is 0.244 e. The third-order valence-corrected chi connectivity index (χ3v) is 6.41. The highest BCUT2D eigenvalue weighted by molar-refractivity contribution is 7.18. The fourth-order valence-electron chi connectivity index (χ4n) is 3.58. The summed E-state index contributed by atoms with van der Waals surface area (Å²) in [7, 11) is 0. The van der Waals surface area contributed by atoms with Crippen molar-refractivity contribution < 1.29 is 22.9 Å². The van der Waals surface area contributed by atoms with Crippen LogP contribution >= 0.6 is 11.3 Å². The van der Waals surface area contributed by atoms with Gasteiger partial charge in [0.2, 0.25) is 17.5 Å². The van der Waals surface area contributed by atoms with E-state index in [-0.39, 0.29) is 21.6 Å². The van der Waals surface area contributed by atoms with E-state index in [9.17, 15) is 18.4 Å². The van der Waals surface area contributed by atoms with E-state index < -0.39 is 29.7 Å². The van der Waals surface area contributed by atoms with Crippen molar-refractivity contribution in [2.75, 3.05) is 23.7 Å². The lowest BCUT2D eigenvalue weighted by Crippen LogP contribution is -2.39. The predicted octanol–water partition coefficient (Wildman–Crippen LogP) is 2.64. The molecule has 3 aromatic rings. The van der Waals surface area contributed by atoms with Gasteiger partial charge in [0.15, 0.2) is 5.13 Å². The summed E-state index contributed by atoms with van der Waals surface area (Å²) in [6, 6.07) is 6.06. The van der Waals surface area contributed by atoms with Crippen LogP contribution in [-0.4, -0.2) is 52.0 Å². The average Bonchev–Trinajstić information content (AvgIpc) is 3.50. The van der Waals surface area contributed by atoms with Crippen LogP contribution < -0.4 is 16.4 Å². The molecule has 4 rings (SSSR count). The number of carbonyl (C=O) groups is 2. The van der Waals surface area contributed by atoms with Crippen molar-refractivity contribution in [2.24, 2.45) is 5.73 Å². The lowest BCUT2D eigenvalue weighted by atomic mass is 10.2. The molecule has 0 aliphatic carbocycles. The van der Waals surface area contributed by atoms with Gasteiger partial charge < -0.3 is 20.9 Å². The van der Waals surface area contributed by atoms with Crippen LogP contribution in [0.4, 0.5) is 25.4 Å². The van der Waals surface area contributed by atoms with Crippen molar-refractivity contribution >= 4 is 39.7 Å². The van der Waals surface area contributed by atoms with Gasteiger partial charge in [0.05, 0.1) is 5.69 Å². The summed E-state index contributed by atoms with van der Waals surface area (Å²) in [5.74, 6) is -1.69. The second kappa shape index (κ2) is 9.24. The SMILES string of the molecule is CC(C(N)=O)N(c1ccc(F)cc1)c1nc(N)c(C(=O)c2cc(CN3CCC(F)C3)no2)s1. The Morgan fingerprint density at radius 3 is 2.73 bits per heavy atom. The maximum Gasteiger partial charge on any atom is 0.244 e. The van der Waals surface area contributed by atoms with Crippen molar-refractivity contribution in [3.05, 3.63) is 52.5 Å². The molecule has 1 amide bonds. The first-order valence-corrected chi connectivity index (χ1v) is 11.0. The molecular formula is C21H22F2N6O3S. The maximum absolute atomic E-state index is 13.4. The van der Waals surface area contributed by atoms with E-state index in [4.69, 9.17) is 16.0 Å². The van der Waals surface area contributed by atoms with Gasteiger partial charge in [0.1, 0.15) is 28.7 Å². The van der Waals surface area contributed by atoms with Gasteiger partial charge >= 0.3 is 0 Å². The number of nitrogens with zero attached hydrogens (tertiary/aromatic N) is 4. The van der Waals surface area contributed by atoms with Gasteiger partial charge in [-0.25, -0.2) is 13.8 Å². The van der Waals surface area contributed by atoms with E-state index in [2.05, 4.69) is 10.1 Å². The summed E-state index contributed by atoms with van der Waals surface area (Å²) in [6.45, 7) is 2.86. The Labute approximate surface area is 192 Å². The Morgan fingerprint density at radius 2 is 2.09 bits per heavy atom. The molecule has 3 heterocycles. The average molecular weight is 477 g/mol. The molecule has 12 heteroatoms. The van der Waals surface area contributed by atoms with Crippen LogP contribution in [0, 0.1) is 5.82 Å². The number of nitrogens with two attached hydrogens (primary N) is 2. The van der Waals surface area contributed by atoms with E-state index >= 15 is 0 Å². The Bertz CT molecular complexity index is 1170. The summed E-state index contributed by atoms with van der Waals surface area (Å²) >= 11 is 0.949. The number of carbonyl (C=O) groups excluding carboxylic acids is 2. The van der Waals surface area contributed by atoms with E-state index in [0.29, 0.717) is 37.4 Å². The molecule has 9 nitrogen and oxygen atoms in total. The first-order valence-electron chi connectivity index (χ1n) is 10.2. The number of hydrogen-bond acceptors (Lipinski definition) is 9.